The lowest BCUT2D eigenvalue weighted by Crippen LogP contribution is -2.13. The monoisotopic (exact) mass is 207 g/mol. The number of carbonyl (C=O) groups excluding carboxylic acids is 2. The van der Waals surface area contributed by atoms with Crippen molar-refractivity contribution >= 4 is 18.2 Å². The second-order valence-corrected chi connectivity index (χ2v) is 2.96. The van der Waals surface area contributed by atoms with Gasteiger partial charge >= 0.3 is 5.97 Å². The molecule has 0 fully saturated rings. The van der Waals surface area contributed by atoms with Crippen molar-refractivity contribution < 1.29 is 19.5 Å². The molecule has 0 aliphatic heterocycles. The molecule has 0 aliphatic carbocycles. The molecule has 0 spiro atoms. The number of aldehydes is 1. The van der Waals surface area contributed by atoms with Crippen LogP contribution in [0.2, 0.25) is 0 Å². The predicted octanol–water partition coefficient (Wildman–Crippen LogP) is 0.225. The number of hydrogen-bond acceptors (Lipinski definition) is 3. The largest absolute Gasteiger partial charge is 0.478 e. The third kappa shape index (κ3) is 2.63. The molecule has 0 heterocycles. The summed E-state index contributed by atoms with van der Waals surface area (Å²) in [5.41, 5.74) is 5.52. The molecule has 78 valence electrons. The number of carboxylic acid groups (broad SMARTS) is 1. The number of rotatable bonds is 4. The summed E-state index contributed by atoms with van der Waals surface area (Å²) in [5.74, 6) is -1.88. The molecule has 0 bridgehead atoms. The van der Waals surface area contributed by atoms with Gasteiger partial charge in [-0.25, -0.2) is 4.79 Å². The van der Waals surface area contributed by atoms with Crippen LogP contribution in [-0.2, 0) is 11.2 Å². The molecule has 0 unspecified atom stereocenters. The van der Waals surface area contributed by atoms with E-state index >= 15 is 0 Å². The molecule has 0 aliphatic rings. The first-order valence-corrected chi connectivity index (χ1v) is 4.15. The minimum absolute atomic E-state index is 0.0526. The standard InChI is InChI=1S/C10H9NO4/c11-9(13)7-3-6(1-2-12)4-8(5-7)10(14)15/h2-5H,1H2,(H2,11,13)(H,14,15). The molecule has 15 heavy (non-hydrogen) atoms. The van der Waals surface area contributed by atoms with Crippen LogP contribution in [0.3, 0.4) is 0 Å². The Hall–Kier alpha value is -2.17. The Morgan fingerprint density at radius 3 is 2.33 bits per heavy atom. The van der Waals surface area contributed by atoms with Crippen molar-refractivity contribution in [3.8, 4) is 0 Å². The van der Waals surface area contributed by atoms with Crippen LogP contribution in [0.5, 0.6) is 0 Å². The molecule has 5 nitrogen and oxygen atoms in total. The third-order valence-electron chi connectivity index (χ3n) is 1.84. The van der Waals surface area contributed by atoms with Crippen LogP contribution in [0.1, 0.15) is 26.3 Å². The van der Waals surface area contributed by atoms with E-state index in [9.17, 15) is 14.4 Å². The molecular formula is C10H9NO4. The summed E-state index contributed by atoms with van der Waals surface area (Å²) in [7, 11) is 0. The van der Waals surface area contributed by atoms with E-state index in [0.717, 1.165) is 0 Å². The van der Waals surface area contributed by atoms with Gasteiger partial charge in [0.05, 0.1) is 5.56 Å². The van der Waals surface area contributed by atoms with Gasteiger partial charge in [0.1, 0.15) is 6.29 Å². The van der Waals surface area contributed by atoms with E-state index < -0.39 is 11.9 Å². The molecule has 5 heteroatoms. The fourth-order valence-corrected chi connectivity index (χ4v) is 1.17. The Morgan fingerprint density at radius 1 is 1.27 bits per heavy atom. The fraction of sp³-hybridized carbons (Fsp3) is 0.100. The Balaban J connectivity index is 3.25. The van der Waals surface area contributed by atoms with Crippen molar-refractivity contribution in [2.45, 2.75) is 6.42 Å². The molecule has 3 N–H and O–H groups in total. The quantitative estimate of drug-likeness (QED) is 0.690. The van der Waals surface area contributed by atoms with Gasteiger partial charge in [-0.05, 0) is 23.8 Å². The van der Waals surface area contributed by atoms with Crippen molar-refractivity contribution in [3.63, 3.8) is 0 Å². The van der Waals surface area contributed by atoms with Gasteiger partial charge in [-0.15, -0.1) is 0 Å². The first kappa shape index (κ1) is 10.9. The molecule has 0 aromatic heterocycles. The highest BCUT2D eigenvalue weighted by molar-refractivity contribution is 5.97. The van der Waals surface area contributed by atoms with Crippen molar-refractivity contribution in [2.24, 2.45) is 5.73 Å². The van der Waals surface area contributed by atoms with E-state index in [2.05, 4.69) is 0 Å². The predicted molar refractivity (Wildman–Crippen MR) is 51.7 cm³/mol. The van der Waals surface area contributed by atoms with Crippen LogP contribution in [-0.4, -0.2) is 23.3 Å². The SMILES string of the molecule is NC(=O)c1cc(CC=O)cc(C(=O)O)c1. The maximum absolute atomic E-state index is 10.9. The van der Waals surface area contributed by atoms with Crippen LogP contribution in [0, 0.1) is 0 Å². The van der Waals surface area contributed by atoms with E-state index in [-0.39, 0.29) is 17.5 Å². The maximum Gasteiger partial charge on any atom is 0.335 e. The maximum atomic E-state index is 10.9. The van der Waals surface area contributed by atoms with Crippen LogP contribution < -0.4 is 5.73 Å². The molecule has 1 rings (SSSR count). The zero-order valence-electron chi connectivity index (χ0n) is 7.77. The first-order valence-electron chi connectivity index (χ1n) is 4.15. The second-order valence-electron chi connectivity index (χ2n) is 2.96. The highest BCUT2D eigenvalue weighted by Crippen LogP contribution is 2.10. The number of carboxylic acids is 1. The number of carbonyl (C=O) groups is 3. The summed E-state index contributed by atoms with van der Waals surface area (Å²) < 4.78 is 0. The molecule has 1 aromatic carbocycles. The van der Waals surface area contributed by atoms with E-state index in [4.69, 9.17) is 10.8 Å². The fourth-order valence-electron chi connectivity index (χ4n) is 1.17. The molecule has 0 saturated heterocycles. The van der Waals surface area contributed by atoms with Crippen LogP contribution in [0.25, 0.3) is 0 Å². The van der Waals surface area contributed by atoms with Crippen molar-refractivity contribution in [2.75, 3.05) is 0 Å². The minimum Gasteiger partial charge on any atom is -0.478 e. The first-order chi connectivity index (χ1) is 7.04. The molecular weight excluding hydrogens is 198 g/mol. The second kappa shape index (κ2) is 4.36. The molecule has 0 atom stereocenters. The van der Waals surface area contributed by atoms with Gasteiger partial charge in [0.15, 0.2) is 0 Å². The summed E-state index contributed by atoms with van der Waals surface area (Å²) in [5, 5.41) is 8.74. The van der Waals surface area contributed by atoms with Crippen LogP contribution in [0.15, 0.2) is 18.2 Å². The number of benzene rings is 1. The number of nitrogens with two attached hydrogens (primary N) is 1. The van der Waals surface area contributed by atoms with E-state index in [1.165, 1.54) is 18.2 Å². The van der Waals surface area contributed by atoms with Crippen molar-refractivity contribution in [1.29, 1.82) is 0 Å². The highest BCUT2D eigenvalue weighted by Gasteiger charge is 2.09. The number of primary amides is 1. The summed E-state index contributed by atoms with van der Waals surface area (Å²) in [6.45, 7) is 0. The van der Waals surface area contributed by atoms with Gasteiger partial charge in [-0.2, -0.15) is 0 Å². The zero-order valence-corrected chi connectivity index (χ0v) is 7.77. The van der Waals surface area contributed by atoms with Gasteiger partial charge in [0.25, 0.3) is 0 Å². The highest BCUT2D eigenvalue weighted by atomic mass is 16.4. The topological polar surface area (TPSA) is 97.5 Å². The average molecular weight is 207 g/mol. The molecule has 1 aromatic rings. The average Bonchev–Trinajstić information content (AvgIpc) is 2.17. The Labute approximate surface area is 85.5 Å². The lowest BCUT2D eigenvalue weighted by molar-refractivity contribution is -0.107. The Bertz CT molecular complexity index is 393. The number of amides is 1. The van der Waals surface area contributed by atoms with E-state index in [1.807, 2.05) is 0 Å². The third-order valence-corrected chi connectivity index (χ3v) is 1.84. The van der Waals surface area contributed by atoms with Crippen LogP contribution >= 0.6 is 0 Å². The molecule has 1 amide bonds. The van der Waals surface area contributed by atoms with E-state index in [1.54, 1.807) is 0 Å². The Kier molecular flexibility index (Phi) is 3.17. The van der Waals surface area contributed by atoms with Gasteiger partial charge in [-0.1, -0.05) is 0 Å². The molecule has 0 saturated carbocycles. The van der Waals surface area contributed by atoms with Gasteiger partial charge in [-0.3, -0.25) is 4.79 Å². The Morgan fingerprint density at radius 2 is 1.87 bits per heavy atom. The summed E-state index contributed by atoms with van der Waals surface area (Å²) in [6.07, 6.45) is 0.688. The minimum atomic E-state index is -1.16. The van der Waals surface area contributed by atoms with Crippen molar-refractivity contribution in [3.05, 3.63) is 34.9 Å². The van der Waals surface area contributed by atoms with Crippen LogP contribution in [0.4, 0.5) is 0 Å². The van der Waals surface area contributed by atoms with E-state index in [0.29, 0.717) is 11.8 Å². The summed E-state index contributed by atoms with van der Waals surface area (Å²) in [6, 6.07) is 3.92. The summed E-state index contributed by atoms with van der Waals surface area (Å²) in [4.78, 5) is 31.8. The number of aromatic carboxylic acids is 1. The van der Waals surface area contributed by atoms with Crippen molar-refractivity contribution in [1.82, 2.24) is 0 Å². The van der Waals surface area contributed by atoms with Gasteiger partial charge in [0.2, 0.25) is 5.91 Å². The van der Waals surface area contributed by atoms with Gasteiger partial charge in [0, 0.05) is 12.0 Å². The van der Waals surface area contributed by atoms with Gasteiger partial charge < -0.3 is 15.6 Å². The number of hydrogen-bond donors (Lipinski definition) is 2. The smallest absolute Gasteiger partial charge is 0.335 e. The zero-order chi connectivity index (χ0) is 11.4. The molecule has 0 radical (unpaired) electrons. The normalized spacial score (nSPS) is 9.60. The lowest BCUT2D eigenvalue weighted by Gasteiger charge is -2.02. The lowest BCUT2D eigenvalue weighted by atomic mass is 10.0. The summed E-state index contributed by atoms with van der Waals surface area (Å²) >= 11 is 0.